The highest BCUT2D eigenvalue weighted by atomic mass is 16.7. The molecular weight excluding hydrogens is 560 g/mol. The number of ether oxygens (including phenoxy) is 2. The van der Waals surface area contributed by atoms with E-state index in [-0.39, 0.29) is 39.6 Å². The number of aliphatic hydroxyl groups excluding tert-OH is 5. The fourth-order valence-electron chi connectivity index (χ4n) is 11.9. The van der Waals surface area contributed by atoms with Gasteiger partial charge >= 0.3 is 0 Å². The van der Waals surface area contributed by atoms with Crippen molar-refractivity contribution >= 4 is 0 Å². The Balaban J connectivity index is 1.37. The molecule has 1 heterocycles. The van der Waals surface area contributed by atoms with Crippen LogP contribution >= 0.6 is 0 Å². The second-order valence-corrected chi connectivity index (χ2v) is 17.3. The van der Waals surface area contributed by atoms with Gasteiger partial charge in [0.1, 0.15) is 24.4 Å². The summed E-state index contributed by atoms with van der Waals surface area (Å²) >= 11 is 0. The van der Waals surface area contributed by atoms with Crippen molar-refractivity contribution in [1.29, 1.82) is 0 Å². The lowest BCUT2D eigenvalue weighted by Gasteiger charge is -2.70. The SMILES string of the molecule is CC(C)=CCC[C@](C)(O)[C@H]1CC[C@@]2(C)[C@H]1[C@@H](O)C[C@@H]1[C@@]3(C)CC[C@@H](O[C@@H]4O[C@H](CO)[C@@H](O)[C@H](O)[C@H]4O)C(C)(C)[C@@H]3CC[C@]12C. The minimum Gasteiger partial charge on any atom is -0.394 e. The van der Waals surface area contributed by atoms with E-state index in [1.807, 2.05) is 6.92 Å². The lowest BCUT2D eigenvalue weighted by Crippen LogP contribution is -2.67. The molecule has 1 aliphatic heterocycles. The van der Waals surface area contributed by atoms with Gasteiger partial charge in [0.2, 0.25) is 0 Å². The molecule has 0 spiro atoms. The van der Waals surface area contributed by atoms with Gasteiger partial charge in [-0.3, -0.25) is 0 Å². The lowest BCUT2D eigenvalue weighted by atomic mass is 9.35. The number of aliphatic hydroxyl groups is 6. The van der Waals surface area contributed by atoms with Gasteiger partial charge < -0.3 is 40.1 Å². The average molecular weight is 623 g/mol. The Kier molecular flexibility index (Phi) is 9.35. The van der Waals surface area contributed by atoms with Gasteiger partial charge in [0, 0.05) is 0 Å². The standard InChI is InChI=1S/C36H62O8/c1-20(2)10-9-14-36(8,42)21-11-16-35(7)27(21)22(38)18-25-33(5)15-13-26(32(3,4)24(33)12-17-34(25,35)6)44-31-30(41)29(40)28(39)23(19-37)43-31/h10,21-31,37-42H,9,11-19H2,1-8H3/t21-,22-,23+,24-,25+,26+,27+,28+,29-,30+,31-,33-,34+,35-,36-/m0/s1. The molecule has 4 aliphatic carbocycles. The van der Waals surface area contributed by atoms with Crippen LogP contribution in [0.2, 0.25) is 0 Å². The smallest absolute Gasteiger partial charge is 0.186 e. The molecule has 6 N–H and O–H groups in total. The summed E-state index contributed by atoms with van der Waals surface area (Å²) in [6, 6.07) is 0. The summed E-state index contributed by atoms with van der Waals surface area (Å²) in [4.78, 5) is 0. The average Bonchev–Trinajstić information content (AvgIpc) is 3.32. The summed E-state index contributed by atoms with van der Waals surface area (Å²) in [6.07, 6.45) is 3.15. The Hall–Kier alpha value is -0.580. The van der Waals surface area contributed by atoms with E-state index in [1.165, 1.54) is 5.57 Å². The van der Waals surface area contributed by atoms with Crippen LogP contribution in [0.3, 0.4) is 0 Å². The number of rotatable bonds is 7. The van der Waals surface area contributed by atoms with Gasteiger partial charge in [-0.05, 0) is 124 Å². The quantitative estimate of drug-likeness (QED) is 0.182. The molecule has 1 saturated heterocycles. The number of fused-ring (bicyclic) bond motifs is 5. The summed E-state index contributed by atoms with van der Waals surface area (Å²) in [7, 11) is 0. The molecule has 15 atom stereocenters. The predicted molar refractivity (Wildman–Crippen MR) is 168 cm³/mol. The number of hydrogen-bond donors (Lipinski definition) is 6. The maximum absolute atomic E-state index is 12.0. The van der Waals surface area contributed by atoms with Gasteiger partial charge in [0.05, 0.1) is 24.4 Å². The molecular formula is C36H62O8. The Morgan fingerprint density at radius 3 is 2.18 bits per heavy atom. The van der Waals surface area contributed by atoms with Crippen molar-refractivity contribution in [3.63, 3.8) is 0 Å². The van der Waals surface area contributed by atoms with Gasteiger partial charge in [0.15, 0.2) is 6.29 Å². The molecule has 5 rings (SSSR count). The highest BCUT2D eigenvalue weighted by Gasteiger charge is 2.71. The minimum absolute atomic E-state index is 0.0231. The van der Waals surface area contributed by atoms with E-state index in [4.69, 9.17) is 9.47 Å². The van der Waals surface area contributed by atoms with Crippen LogP contribution in [0.4, 0.5) is 0 Å². The van der Waals surface area contributed by atoms with Crippen molar-refractivity contribution in [2.24, 2.45) is 45.3 Å². The molecule has 0 bridgehead atoms. The van der Waals surface area contributed by atoms with Gasteiger partial charge in [-0.15, -0.1) is 0 Å². The molecule has 0 unspecified atom stereocenters. The zero-order chi connectivity index (χ0) is 32.6. The highest BCUT2D eigenvalue weighted by Crippen LogP contribution is 2.76. The summed E-state index contributed by atoms with van der Waals surface area (Å²) in [5, 5.41) is 64.8. The summed E-state index contributed by atoms with van der Waals surface area (Å²) < 4.78 is 12.2. The molecule has 8 heteroatoms. The molecule has 5 aliphatic rings. The second-order valence-electron chi connectivity index (χ2n) is 17.3. The first-order valence-electron chi connectivity index (χ1n) is 17.3. The van der Waals surface area contributed by atoms with E-state index in [1.54, 1.807) is 0 Å². The normalized spacial score (nSPS) is 51.5. The molecule has 254 valence electrons. The Morgan fingerprint density at radius 2 is 1.55 bits per heavy atom. The third-order valence-corrected chi connectivity index (χ3v) is 14.5. The van der Waals surface area contributed by atoms with E-state index in [0.717, 1.165) is 51.4 Å². The fraction of sp³-hybridized carbons (Fsp3) is 0.944. The van der Waals surface area contributed by atoms with E-state index in [9.17, 15) is 30.6 Å². The van der Waals surface area contributed by atoms with Gasteiger partial charge in [-0.2, -0.15) is 0 Å². The van der Waals surface area contributed by atoms with Crippen molar-refractivity contribution in [2.45, 2.75) is 162 Å². The van der Waals surface area contributed by atoms with Crippen molar-refractivity contribution in [3.05, 3.63) is 11.6 Å². The number of hydrogen-bond acceptors (Lipinski definition) is 8. The van der Waals surface area contributed by atoms with E-state index >= 15 is 0 Å². The van der Waals surface area contributed by atoms with Gasteiger partial charge in [-0.1, -0.05) is 46.3 Å². The zero-order valence-electron chi connectivity index (χ0n) is 28.5. The zero-order valence-corrected chi connectivity index (χ0v) is 28.5. The van der Waals surface area contributed by atoms with Crippen LogP contribution in [-0.4, -0.2) is 85.8 Å². The predicted octanol–water partition coefficient (Wildman–Crippen LogP) is 4.32. The fourth-order valence-corrected chi connectivity index (χ4v) is 11.9. The lowest BCUT2D eigenvalue weighted by molar-refractivity contribution is -0.332. The molecule has 0 aromatic carbocycles. The van der Waals surface area contributed by atoms with Gasteiger partial charge in [-0.25, -0.2) is 0 Å². The van der Waals surface area contributed by atoms with Crippen molar-refractivity contribution in [2.75, 3.05) is 6.61 Å². The van der Waals surface area contributed by atoms with Crippen LogP contribution in [0.25, 0.3) is 0 Å². The minimum atomic E-state index is -1.46. The molecule has 8 nitrogen and oxygen atoms in total. The van der Waals surface area contributed by atoms with Crippen molar-refractivity contribution in [1.82, 2.24) is 0 Å². The molecule has 0 radical (unpaired) electrons. The van der Waals surface area contributed by atoms with Crippen molar-refractivity contribution < 1.29 is 40.1 Å². The van der Waals surface area contributed by atoms with Gasteiger partial charge in [0.25, 0.3) is 0 Å². The summed E-state index contributed by atoms with van der Waals surface area (Å²) in [6.45, 7) is 17.5. The molecule has 4 saturated carbocycles. The monoisotopic (exact) mass is 622 g/mol. The number of allylic oxidation sites excluding steroid dienone is 2. The van der Waals surface area contributed by atoms with Crippen LogP contribution in [0.5, 0.6) is 0 Å². The van der Waals surface area contributed by atoms with Crippen LogP contribution < -0.4 is 0 Å². The van der Waals surface area contributed by atoms with Crippen LogP contribution in [0, 0.1) is 45.3 Å². The largest absolute Gasteiger partial charge is 0.394 e. The van der Waals surface area contributed by atoms with E-state index < -0.39 is 49.0 Å². The first-order chi connectivity index (χ1) is 20.3. The summed E-state index contributed by atoms with van der Waals surface area (Å²) in [5.41, 5.74) is 0.122. The maximum atomic E-state index is 12.0. The Labute approximate surface area is 265 Å². The van der Waals surface area contributed by atoms with Crippen molar-refractivity contribution in [3.8, 4) is 0 Å². The molecule has 0 aromatic heterocycles. The molecule has 0 aromatic rings. The molecule has 5 fully saturated rings. The first kappa shape index (κ1) is 34.7. The maximum Gasteiger partial charge on any atom is 0.186 e. The first-order valence-corrected chi connectivity index (χ1v) is 17.3. The third kappa shape index (κ3) is 5.26. The molecule has 0 amide bonds. The van der Waals surface area contributed by atoms with E-state index in [2.05, 4.69) is 54.5 Å². The highest BCUT2D eigenvalue weighted by molar-refractivity contribution is 5.20. The summed E-state index contributed by atoms with van der Waals surface area (Å²) in [5.74, 6) is 0.792. The van der Waals surface area contributed by atoms with Crippen LogP contribution in [0.15, 0.2) is 11.6 Å². The Bertz CT molecular complexity index is 1070. The Morgan fingerprint density at radius 1 is 0.886 bits per heavy atom. The third-order valence-electron chi connectivity index (χ3n) is 14.5. The molecule has 44 heavy (non-hydrogen) atoms. The van der Waals surface area contributed by atoms with E-state index in [0.29, 0.717) is 18.3 Å². The van der Waals surface area contributed by atoms with Crippen LogP contribution in [-0.2, 0) is 9.47 Å². The topological polar surface area (TPSA) is 140 Å². The second kappa shape index (κ2) is 11.8. The van der Waals surface area contributed by atoms with Crippen LogP contribution in [0.1, 0.15) is 113 Å².